The van der Waals surface area contributed by atoms with Gasteiger partial charge in [-0.3, -0.25) is 9.63 Å². The first kappa shape index (κ1) is 9.00. The number of hydroxylamine groups is 2. The number of carbonyl (C=O) groups excluding carboxylic acids is 1. The van der Waals surface area contributed by atoms with Crippen LogP contribution in [0.5, 0.6) is 0 Å². The van der Waals surface area contributed by atoms with Gasteiger partial charge in [0.2, 0.25) is 5.91 Å². The van der Waals surface area contributed by atoms with Gasteiger partial charge in [0, 0.05) is 5.92 Å². The van der Waals surface area contributed by atoms with Gasteiger partial charge in [0.05, 0.1) is 13.2 Å². The predicted octanol–water partition coefficient (Wildman–Crippen LogP) is 1.59. The maximum absolute atomic E-state index is 11.9. The third-order valence-corrected chi connectivity index (χ3v) is 3.18. The van der Waals surface area contributed by atoms with Crippen molar-refractivity contribution in [3.8, 4) is 0 Å². The van der Waals surface area contributed by atoms with Crippen LogP contribution in [-0.2, 0) is 9.63 Å². The smallest absolute Gasteiger partial charge is 0.249 e. The van der Waals surface area contributed by atoms with Crippen LogP contribution >= 0.6 is 0 Å². The van der Waals surface area contributed by atoms with Gasteiger partial charge in [-0.2, -0.15) is 0 Å². The van der Waals surface area contributed by atoms with Gasteiger partial charge in [0.15, 0.2) is 0 Å². The number of rotatable bonds is 1. The molecule has 13 heavy (non-hydrogen) atoms. The quantitative estimate of drug-likeness (QED) is 0.617. The van der Waals surface area contributed by atoms with E-state index in [0.717, 1.165) is 19.4 Å². The zero-order chi connectivity index (χ0) is 9.26. The molecule has 1 aliphatic carbocycles. The molecule has 2 unspecified atom stereocenters. The maximum atomic E-state index is 11.9. The topological polar surface area (TPSA) is 29.5 Å². The molecule has 3 heteroatoms. The molecule has 0 aromatic rings. The molecule has 2 atom stereocenters. The number of hydrogen-bond acceptors (Lipinski definition) is 2. The average molecular weight is 183 g/mol. The van der Waals surface area contributed by atoms with Crippen molar-refractivity contribution >= 4 is 5.91 Å². The van der Waals surface area contributed by atoms with E-state index in [2.05, 4.69) is 6.92 Å². The van der Waals surface area contributed by atoms with E-state index < -0.39 is 0 Å². The van der Waals surface area contributed by atoms with Crippen molar-refractivity contribution in [2.75, 3.05) is 13.2 Å². The van der Waals surface area contributed by atoms with E-state index in [1.165, 1.54) is 12.8 Å². The van der Waals surface area contributed by atoms with Gasteiger partial charge in [0.25, 0.3) is 0 Å². The van der Waals surface area contributed by atoms with Crippen LogP contribution in [0.3, 0.4) is 0 Å². The highest BCUT2D eigenvalue weighted by atomic mass is 16.7. The summed E-state index contributed by atoms with van der Waals surface area (Å²) < 4.78 is 0. The summed E-state index contributed by atoms with van der Waals surface area (Å²) in [6, 6.07) is 0. The number of carbonyl (C=O) groups is 1. The van der Waals surface area contributed by atoms with E-state index in [1.54, 1.807) is 5.06 Å². The molecule has 0 N–H and O–H groups in total. The molecule has 0 aromatic heterocycles. The molecule has 1 aliphatic heterocycles. The van der Waals surface area contributed by atoms with E-state index in [-0.39, 0.29) is 11.8 Å². The number of amides is 1. The van der Waals surface area contributed by atoms with Crippen LogP contribution in [0.15, 0.2) is 0 Å². The Morgan fingerprint density at radius 1 is 1.38 bits per heavy atom. The zero-order valence-electron chi connectivity index (χ0n) is 8.16. The lowest BCUT2D eigenvalue weighted by Crippen LogP contribution is -2.33. The van der Waals surface area contributed by atoms with E-state index in [0.29, 0.717) is 12.5 Å². The van der Waals surface area contributed by atoms with Crippen LogP contribution in [0.25, 0.3) is 0 Å². The van der Waals surface area contributed by atoms with E-state index in [9.17, 15) is 4.79 Å². The van der Waals surface area contributed by atoms with Gasteiger partial charge in [-0.1, -0.05) is 13.3 Å². The van der Waals surface area contributed by atoms with Crippen LogP contribution < -0.4 is 0 Å². The minimum Gasteiger partial charge on any atom is -0.272 e. The first-order valence-corrected chi connectivity index (χ1v) is 5.23. The van der Waals surface area contributed by atoms with Crippen molar-refractivity contribution in [2.45, 2.75) is 32.6 Å². The largest absolute Gasteiger partial charge is 0.272 e. The molecule has 74 valence electrons. The molecule has 3 nitrogen and oxygen atoms in total. The van der Waals surface area contributed by atoms with Crippen LogP contribution in [0.1, 0.15) is 32.6 Å². The Bertz CT molecular complexity index is 199. The second kappa shape index (κ2) is 3.66. The Kier molecular flexibility index (Phi) is 2.54. The molecule has 1 heterocycles. The van der Waals surface area contributed by atoms with Crippen LogP contribution in [0, 0.1) is 11.8 Å². The Balaban J connectivity index is 1.95. The van der Waals surface area contributed by atoms with E-state index in [1.807, 2.05) is 0 Å². The lowest BCUT2D eigenvalue weighted by molar-refractivity contribution is -0.174. The average Bonchev–Trinajstić information content (AvgIpc) is 2.72. The first-order chi connectivity index (χ1) is 6.29. The second-order valence-corrected chi connectivity index (χ2v) is 4.14. The third-order valence-electron chi connectivity index (χ3n) is 3.18. The second-order valence-electron chi connectivity index (χ2n) is 4.14. The monoisotopic (exact) mass is 183 g/mol. The molecule has 1 amide bonds. The fourth-order valence-corrected chi connectivity index (χ4v) is 2.32. The van der Waals surface area contributed by atoms with Gasteiger partial charge >= 0.3 is 0 Å². The Labute approximate surface area is 79.0 Å². The first-order valence-electron chi connectivity index (χ1n) is 5.23. The van der Waals surface area contributed by atoms with Gasteiger partial charge in [-0.15, -0.1) is 0 Å². The molecule has 1 saturated carbocycles. The van der Waals surface area contributed by atoms with Crippen molar-refractivity contribution in [2.24, 2.45) is 11.8 Å². The zero-order valence-corrected chi connectivity index (χ0v) is 8.16. The SMILES string of the molecule is CC1CCCC1C(=O)N1CCCO1. The Hall–Kier alpha value is -0.570. The summed E-state index contributed by atoms with van der Waals surface area (Å²) >= 11 is 0. The minimum atomic E-state index is 0.225. The van der Waals surface area contributed by atoms with Gasteiger partial charge in [0.1, 0.15) is 0 Å². The van der Waals surface area contributed by atoms with Crippen molar-refractivity contribution in [3.05, 3.63) is 0 Å². The molecule has 0 aromatic carbocycles. The van der Waals surface area contributed by atoms with Crippen LogP contribution in [0.4, 0.5) is 0 Å². The summed E-state index contributed by atoms with van der Waals surface area (Å²) in [5, 5.41) is 1.58. The molecular formula is C10H17NO2. The maximum Gasteiger partial charge on any atom is 0.249 e. The number of hydrogen-bond donors (Lipinski definition) is 0. The summed E-state index contributed by atoms with van der Waals surface area (Å²) in [4.78, 5) is 17.1. The third kappa shape index (κ3) is 1.70. The normalized spacial score (nSPS) is 34.1. The van der Waals surface area contributed by atoms with Gasteiger partial charge < -0.3 is 0 Å². The van der Waals surface area contributed by atoms with Crippen LogP contribution in [0.2, 0.25) is 0 Å². The highest BCUT2D eigenvalue weighted by Crippen LogP contribution is 2.33. The van der Waals surface area contributed by atoms with Crippen molar-refractivity contribution in [3.63, 3.8) is 0 Å². The molecule has 2 rings (SSSR count). The molecule has 0 radical (unpaired) electrons. The Morgan fingerprint density at radius 2 is 2.23 bits per heavy atom. The van der Waals surface area contributed by atoms with E-state index >= 15 is 0 Å². The van der Waals surface area contributed by atoms with Gasteiger partial charge in [-0.05, 0) is 25.2 Å². The van der Waals surface area contributed by atoms with E-state index in [4.69, 9.17) is 4.84 Å². The summed E-state index contributed by atoms with van der Waals surface area (Å²) in [6.45, 7) is 3.68. The molecule has 0 bridgehead atoms. The van der Waals surface area contributed by atoms with Crippen molar-refractivity contribution < 1.29 is 9.63 Å². The molecule has 2 aliphatic rings. The summed E-state index contributed by atoms with van der Waals surface area (Å²) in [5.74, 6) is 1.01. The summed E-state index contributed by atoms with van der Waals surface area (Å²) in [5.41, 5.74) is 0. The number of nitrogens with zero attached hydrogens (tertiary/aromatic N) is 1. The molecular weight excluding hydrogens is 166 g/mol. The standard InChI is InChI=1S/C10H17NO2/c1-8-4-2-5-9(8)10(12)11-6-3-7-13-11/h8-9H,2-7H2,1H3. The fraction of sp³-hybridized carbons (Fsp3) is 0.900. The highest BCUT2D eigenvalue weighted by Gasteiger charge is 2.34. The van der Waals surface area contributed by atoms with Crippen molar-refractivity contribution in [1.82, 2.24) is 5.06 Å². The van der Waals surface area contributed by atoms with Crippen LogP contribution in [-0.4, -0.2) is 24.1 Å². The lowest BCUT2D eigenvalue weighted by Gasteiger charge is -2.20. The lowest BCUT2D eigenvalue weighted by atomic mass is 9.97. The molecule has 2 fully saturated rings. The van der Waals surface area contributed by atoms with Crippen molar-refractivity contribution in [1.29, 1.82) is 0 Å². The molecule has 0 spiro atoms. The minimum absolute atomic E-state index is 0.225. The fourth-order valence-electron chi connectivity index (χ4n) is 2.32. The highest BCUT2D eigenvalue weighted by molar-refractivity contribution is 5.78. The molecule has 1 saturated heterocycles. The van der Waals surface area contributed by atoms with Gasteiger partial charge in [-0.25, -0.2) is 5.06 Å². The summed E-state index contributed by atoms with van der Waals surface area (Å²) in [7, 11) is 0. The Morgan fingerprint density at radius 3 is 2.77 bits per heavy atom. The predicted molar refractivity (Wildman–Crippen MR) is 48.8 cm³/mol. The summed E-state index contributed by atoms with van der Waals surface area (Å²) in [6.07, 6.45) is 4.45.